The van der Waals surface area contributed by atoms with Crippen LogP contribution in [0.1, 0.15) is 25.3 Å². The lowest BCUT2D eigenvalue weighted by molar-refractivity contribution is -0.124. The highest BCUT2D eigenvalue weighted by Crippen LogP contribution is 2.36. The zero-order chi connectivity index (χ0) is 13.2. The van der Waals surface area contributed by atoms with Crippen LogP contribution < -0.4 is 0 Å². The van der Waals surface area contributed by atoms with Crippen LogP contribution in [0.5, 0.6) is 0 Å². The van der Waals surface area contributed by atoms with Crippen LogP contribution in [0.15, 0.2) is 30.3 Å². The Kier molecular flexibility index (Phi) is 3.36. The van der Waals surface area contributed by atoms with Crippen molar-refractivity contribution in [3.8, 4) is 0 Å². The van der Waals surface area contributed by atoms with Crippen molar-refractivity contribution in [1.29, 1.82) is 0 Å². The van der Waals surface area contributed by atoms with Crippen LogP contribution in [-0.2, 0) is 10.2 Å². The van der Waals surface area contributed by atoms with Crippen molar-refractivity contribution in [3.05, 3.63) is 35.9 Å². The Labute approximate surface area is 106 Å². The average Bonchev–Trinajstić information content (AvgIpc) is 2.39. The second-order valence-electron chi connectivity index (χ2n) is 4.77. The monoisotopic (exact) mass is 247 g/mol. The van der Waals surface area contributed by atoms with E-state index in [9.17, 15) is 9.59 Å². The Balaban J connectivity index is 2.27. The summed E-state index contributed by atoms with van der Waals surface area (Å²) in [5.41, 5.74) is 0.496. The van der Waals surface area contributed by atoms with Gasteiger partial charge < -0.3 is 10.0 Å². The van der Waals surface area contributed by atoms with E-state index in [4.69, 9.17) is 5.11 Å². The second-order valence-corrected chi connectivity index (χ2v) is 4.77. The quantitative estimate of drug-likeness (QED) is 0.872. The van der Waals surface area contributed by atoms with E-state index in [0.717, 1.165) is 5.56 Å². The van der Waals surface area contributed by atoms with Gasteiger partial charge >= 0.3 is 6.09 Å². The van der Waals surface area contributed by atoms with Gasteiger partial charge in [-0.1, -0.05) is 30.3 Å². The SMILES string of the molecule is CC(=O)C1(c2ccccc2)CCN(C(=O)O)CC1. The van der Waals surface area contributed by atoms with E-state index in [1.807, 2.05) is 30.3 Å². The van der Waals surface area contributed by atoms with E-state index in [0.29, 0.717) is 25.9 Å². The number of hydrogen-bond acceptors (Lipinski definition) is 2. The van der Waals surface area contributed by atoms with E-state index >= 15 is 0 Å². The fourth-order valence-corrected chi connectivity index (χ4v) is 2.68. The number of likely N-dealkylation sites (tertiary alicyclic amines) is 1. The number of benzene rings is 1. The summed E-state index contributed by atoms with van der Waals surface area (Å²) in [6.07, 6.45) is 0.234. The van der Waals surface area contributed by atoms with Crippen LogP contribution in [0.4, 0.5) is 4.79 Å². The molecule has 1 amide bonds. The minimum Gasteiger partial charge on any atom is -0.465 e. The molecular formula is C14H17NO3. The smallest absolute Gasteiger partial charge is 0.407 e. The number of ketones is 1. The normalized spacial score (nSPS) is 18.4. The highest BCUT2D eigenvalue weighted by Gasteiger charge is 2.41. The van der Waals surface area contributed by atoms with Gasteiger partial charge in [0.15, 0.2) is 0 Å². The molecule has 1 aliphatic heterocycles. The molecule has 1 saturated heterocycles. The van der Waals surface area contributed by atoms with Gasteiger partial charge in [0.2, 0.25) is 0 Å². The number of carbonyl (C=O) groups is 2. The van der Waals surface area contributed by atoms with Crippen molar-refractivity contribution in [2.45, 2.75) is 25.2 Å². The summed E-state index contributed by atoms with van der Waals surface area (Å²) >= 11 is 0. The van der Waals surface area contributed by atoms with Crippen LogP contribution in [0.25, 0.3) is 0 Å². The molecule has 0 aliphatic carbocycles. The van der Waals surface area contributed by atoms with E-state index in [1.54, 1.807) is 6.92 Å². The largest absolute Gasteiger partial charge is 0.465 e. The molecule has 0 radical (unpaired) electrons. The van der Waals surface area contributed by atoms with Gasteiger partial charge in [-0.25, -0.2) is 4.79 Å². The third-order valence-corrected chi connectivity index (χ3v) is 3.89. The lowest BCUT2D eigenvalue weighted by atomic mass is 9.70. The third-order valence-electron chi connectivity index (χ3n) is 3.89. The first-order valence-corrected chi connectivity index (χ1v) is 6.11. The number of nitrogens with zero attached hydrogens (tertiary/aromatic N) is 1. The molecule has 1 heterocycles. The molecule has 1 aromatic rings. The fraction of sp³-hybridized carbons (Fsp3) is 0.429. The molecule has 2 rings (SSSR count). The standard InChI is InChI=1S/C14H17NO3/c1-11(16)14(12-5-3-2-4-6-12)7-9-15(10-8-14)13(17)18/h2-6H,7-10H2,1H3,(H,17,18). The summed E-state index contributed by atoms with van der Waals surface area (Å²) in [6.45, 7) is 2.44. The van der Waals surface area contributed by atoms with E-state index in [2.05, 4.69) is 0 Å². The number of carbonyl (C=O) groups excluding carboxylic acids is 1. The van der Waals surface area contributed by atoms with E-state index in [1.165, 1.54) is 4.90 Å². The van der Waals surface area contributed by atoms with Crippen molar-refractivity contribution in [2.75, 3.05) is 13.1 Å². The van der Waals surface area contributed by atoms with Gasteiger partial charge in [0, 0.05) is 13.1 Å². The Bertz CT molecular complexity index is 447. The third kappa shape index (κ3) is 2.10. The summed E-state index contributed by atoms with van der Waals surface area (Å²) in [4.78, 5) is 24.3. The van der Waals surface area contributed by atoms with Gasteiger partial charge in [-0.05, 0) is 25.3 Å². The molecule has 18 heavy (non-hydrogen) atoms. The maximum absolute atomic E-state index is 12.0. The predicted octanol–water partition coefficient (Wildman–Crippen LogP) is 2.29. The number of rotatable bonds is 2. The Morgan fingerprint density at radius 1 is 1.17 bits per heavy atom. The minimum atomic E-state index is -0.903. The van der Waals surface area contributed by atoms with Gasteiger partial charge in [0.1, 0.15) is 5.78 Å². The molecule has 0 aromatic heterocycles. The first kappa shape index (κ1) is 12.6. The number of piperidine rings is 1. The van der Waals surface area contributed by atoms with Crippen molar-refractivity contribution in [1.82, 2.24) is 4.90 Å². The van der Waals surface area contributed by atoms with Crippen LogP contribution in [0, 0.1) is 0 Å². The lowest BCUT2D eigenvalue weighted by Gasteiger charge is -2.39. The molecule has 0 atom stereocenters. The summed E-state index contributed by atoms with van der Waals surface area (Å²) < 4.78 is 0. The molecule has 4 nitrogen and oxygen atoms in total. The zero-order valence-corrected chi connectivity index (χ0v) is 10.4. The number of amides is 1. The van der Waals surface area contributed by atoms with Crippen LogP contribution in [0.3, 0.4) is 0 Å². The van der Waals surface area contributed by atoms with E-state index in [-0.39, 0.29) is 5.78 Å². The molecule has 96 valence electrons. The lowest BCUT2D eigenvalue weighted by Crippen LogP contribution is -2.48. The van der Waals surface area contributed by atoms with Crippen LogP contribution in [-0.4, -0.2) is 35.0 Å². The first-order valence-electron chi connectivity index (χ1n) is 6.11. The summed E-state index contributed by atoms with van der Waals surface area (Å²) in [7, 11) is 0. The first-order chi connectivity index (χ1) is 8.56. The molecule has 0 bridgehead atoms. The predicted molar refractivity (Wildman–Crippen MR) is 67.6 cm³/mol. The topological polar surface area (TPSA) is 57.6 Å². The molecule has 1 aromatic carbocycles. The van der Waals surface area contributed by atoms with E-state index < -0.39 is 11.5 Å². The van der Waals surface area contributed by atoms with Crippen LogP contribution in [0.2, 0.25) is 0 Å². The van der Waals surface area contributed by atoms with Crippen molar-refractivity contribution in [2.24, 2.45) is 0 Å². The Hall–Kier alpha value is -1.84. The Morgan fingerprint density at radius 3 is 2.17 bits per heavy atom. The van der Waals surface area contributed by atoms with Gasteiger partial charge in [0.25, 0.3) is 0 Å². The second kappa shape index (κ2) is 4.80. The number of Topliss-reactive ketones (excluding diaryl/α,β-unsaturated/α-hetero) is 1. The summed E-state index contributed by atoms with van der Waals surface area (Å²) in [5.74, 6) is 0.124. The zero-order valence-electron chi connectivity index (χ0n) is 10.4. The molecule has 0 saturated carbocycles. The Morgan fingerprint density at radius 2 is 1.72 bits per heavy atom. The maximum Gasteiger partial charge on any atom is 0.407 e. The van der Waals surface area contributed by atoms with Crippen molar-refractivity contribution >= 4 is 11.9 Å². The maximum atomic E-state index is 12.0. The van der Waals surface area contributed by atoms with Gasteiger partial charge in [-0.3, -0.25) is 4.79 Å². The minimum absolute atomic E-state index is 0.124. The molecule has 1 fully saturated rings. The number of carboxylic acid groups (broad SMARTS) is 1. The summed E-state index contributed by atoms with van der Waals surface area (Å²) in [5, 5.41) is 8.96. The summed E-state index contributed by atoms with van der Waals surface area (Å²) in [6, 6.07) is 9.67. The highest BCUT2D eigenvalue weighted by molar-refractivity contribution is 5.88. The molecule has 1 aliphatic rings. The van der Waals surface area contributed by atoms with Crippen molar-refractivity contribution in [3.63, 3.8) is 0 Å². The van der Waals surface area contributed by atoms with Gasteiger partial charge in [-0.2, -0.15) is 0 Å². The molecule has 0 spiro atoms. The van der Waals surface area contributed by atoms with Crippen molar-refractivity contribution < 1.29 is 14.7 Å². The van der Waals surface area contributed by atoms with Gasteiger partial charge in [0.05, 0.1) is 5.41 Å². The molecule has 4 heteroatoms. The fourth-order valence-electron chi connectivity index (χ4n) is 2.68. The number of hydrogen-bond donors (Lipinski definition) is 1. The van der Waals surface area contributed by atoms with Gasteiger partial charge in [-0.15, -0.1) is 0 Å². The van der Waals surface area contributed by atoms with Crippen LogP contribution >= 0.6 is 0 Å². The molecule has 1 N–H and O–H groups in total. The molecular weight excluding hydrogens is 230 g/mol. The molecule has 0 unspecified atom stereocenters. The highest BCUT2D eigenvalue weighted by atomic mass is 16.4. The average molecular weight is 247 g/mol.